The van der Waals surface area contributed by atoms with Crippen LogP contribution in [0.5, 0.6) is 0 Å². The van der Waals surface area contributed by atoms with E-state index in [1.807, 2.05) is 0 Å². The first kappa shape index (κ1) is 22.6. The Hall–Kier alpha value is -3.44. The summed E-state index contributed by atoms with van der Waals surface area (Å²) in [6.45, 7) is 2.13. The van der Waals surface area contributed by atoms with Crippen LogP contribution in [-0.2, 0) is 6.54 Å². The second-order valence-electron chi connectivity index (χ2n) is 5.78. The number of H-pyrrole nitrogens is 1. The quantitative estimate of drug-likeness (QED) is 0.590. The molecular formula is C16H22F2N8O2. The van der Waals surface area contributed by atoms with Gasteiger partial charge >= 0.3 is 11.4 Å². The van der Waals surface area contributed by atoms with Crippen molar-refractivity contribution >= 4 is 24.3 Å². The molecule has 12 heteroatoms. The molecule has 0 bridgehead atoms. The predicted molar refractivity (Wildman–Crippen MR) is 103 cm³/mol. The highest BCUT2D eigenvalue weighted by Gasteiger charge is 2.05. The van der Waals surface area contributed by atoms with Gasteiger partial charge in [0.05, 0.1) is 18.9 Å². The highest BCUT2D eigenvalue weighted by atomic mass is 19.1. The van der Waals surface area contributed by atoms with E-state index >= 15 is 0 Å². The largest absolute Gasteiger partial charge is 0.369 e. The molecule has 0 unspecified atom stereocenters. The third-order valence-corrected chi connectivity index (χ3v) is 2.85. The average Bonchev–Trinajstić information content (AvgIpc) is 2.63. The molecule has 0 spiro atoms. The lowest BCUT2D eigenvalue weighted by atomic mass is 10.5. The molecule has 0 aromatic carbocycles. The van der Waals surface area contributed by atoms with Crippen LogP contribution in [0.3, 0.4) is 0 Å². The number of aliphatic imine (C=N–C) groups is 2. The monoisotopic (exact) mass is 396 g/mol. The van der Waals surface area contributed by atoms with Gasteiger partial charge in [0.2, 0.25) is 0 Å². The van der Waals surface area contributed by atoms with E-state index in [-0.39, 0.29) is 11.6 Å². The molecule has 0 saturated carbocycles. The van der Waals surface area contributed by atoms with E-state index in [2.05, 4.69) is 24.9 Å². The lowest BCUT2D eigenvalue weighted by Crippen LogP contribution is -2.22. The molecule has 0 saturated heterocycles. The van der Waals surface area contributed by atoms with Crippen LogP contribution in [0.15, 0.2) is 32.0 Å². The van der Waals surface area contributed by atoms with Gasteiger partial charge < -0.3 is 9.80 Å². The lowest BCUT2D eigenvalue weighted by molar-refractivity contribution is 0.575. The lowest BCUT2D eigenvalue weighted by Gasteiger charge is -2.04. The van der Waals surface area contributed by atoms with E-state index in [1.165, 1.54) is 17.2 Å². The summed E-state index contributed by atoms with van der Waals surface area (Å²) in [4.78, 5) is 41.5. The van der Waals surface area contributed by atoms with Gasteiger partial charge in [0, 0.05) is 40.9 Å². The normalized spacial score (nSPS) is 10.8. The molecule has 0 amide bonds. The Morgan fingerprint density at radius 2 is 1.71 bits per heavy atom. The summed E-state index contributed by atoms with van der Waals surface area (Å²) in [5.74, 6) is -1.56. The molecule has 2 heterocycles. The fraction of sp³-hybridized carbons (Fsp3) is 0.375. The van der Waals surface area contributed by atoms with E-state index < -0.39 is 23.0 Å². The summed E-state index contributed by atoms with van der Waals surface area (Å²) >= 11 is 0. The summed E-state index contributed by atoms with van der Waals surface area (Å²) in [6.07, 6.45) is 4.72. The first-order valence-corrected chi connectivity index (χ1v) is 8.07. The maximum atomic E-state index is 13.3. The SMILES string of the molecule is CCn1cc(F)c(N=CN(C)C)nc1=O.CN(C)C=Nc1[nH]c(=O)ncc1F. The second-order valence-corrected chi connectivity index (χ2v) is 5.78. The Kier molecular flexibility index (Phi) is 8.59. The molecule has 2 rings (SSSR count). The van der Waals surface area contributed by atoms with Crippen LogP contribution in [0.1, 0.15) is 6.92 Å². The standard InChI is InChI=1S/C9H13FN4O.C7H9FN4O/c1-4-14-5-7(10)8(12-9(14)15)11-6-13(2)3;1-12(2)4-10-6-5(8)3-9-7(13)11-6/h5-6H,4H2,1-3H3;3-4H,1-2H3,(H,9,11,13). The second kappa shape index (κ2) is 10.6. The molecule has 10 nitrogen and oxygen atoms in total. The van der Waals surface area contributed by atoms with E-state index in [4.69, 9.17) is 0 Å². The van der Waals surface area contributed by atoms with Crippen LogP contribution < -0.4 is 11.4 Å². The number of aryl methyl sites for hydroxylation is 1. The molecule has 0 aliphatic carbocycles. The molecule has 0 atom stereocenters. The van der Waals surface area contributed by atoms with Crippen molar-refractivity contribution < 1.29 is 8.78 Å². The van der Waals surface area contributed by atoms with Crippen molar-refractivity contribution in [3.05, 3.63) is 45.0 Å². The number of aromatic nitrogens is 4. The summed E-state index contributed by atoms with van der Waals surface area (Å²) < 4.78 is 27.4. The summed E-state index contributed by atoms with van der Waals surface area (Å²) in [7, 11) is 6.96. The number of hydrogen-bond donors (Lipinski definition) is 1. The molecule has 28 heavy (non-hydrogen) atoms. The minimum absolute atomic E-state index is 0.117. The number of hydrogen-bond acceptors (Lipinski definition) is 6. The van der Waals surface area contributed by atoms with Gasteiger partial charge in [-0.15, -0.1) is 0 Å². The van der Waals surface area contributed by atoms with Crippen molar-refractivity contribution in [3.8, 4) is 0 Å². The van der Waals surface area contributed by atoms with Crippen molar-refractivity contribution in [3.63, 3.8) is 0 Å². The van der Waals surface area contributed by atoms with E-state index in [0.29, 0.717) is 6.54 Å². The Balaban J connectivity index is 0.000000283. The number of aromatic amines is 1. The molecular weight excluding hydrogens is 374 g/mol. The Morgan fingerprint density at radius 1 is 1.11 bits per heavy atom. The van der Waals surface area contributed by atoms with Crippen molar-refractivity contribution in [1.82, 2.24) is 29.3 Å². The molecule has 0 aliphatic rings. The highest BCUT2D eigenvalue weighted by Crippen LogP contribution is 2.10. The molecule has 0 radical (unpaired) electrons. The molecule has 0 aliphatic heterocycles. The predicted octanol–water partition coefficient (Wildman–Crippen LogP) is 0.754. The zero-order valence-electron chi connectivity index (χ0n) is 16.2. The van der Waals surface area contributed by atoms with Crippen LogP contribution in [0, 0.1) is 11.6 Å². The number of rotatable bonds is 5. The molecule has 0 fully saturated rings. The number of nitrogens with zero attached hydrogens (tertiary/aromatic N) is 7. The van der Waals surface area contributed by atoms with Gasteiger partial charge in [-0.2, -0.15) is 9.97 Å². The third kappa shape index (κ3) is 7.43. The zero-order chi connectivity index (χ0) is 21.3. The first-order chi connectivity index (χ1) is 13.1. The van der Waals surface area contributed by atoms with Gasteiger partial charge in [-0.05, 0) is 6.92 Å². The fourth-order valence-corrected chi connectivity index (χ4v) is 1.58. The van der Waals surface area contributed by atoms with Crippen LogP contribution in [0.4, 0.5) is 20.4 Å². The molecule has 152 valence electrons. The van der Waals surface area contributed by atoms with E-state index in [9.17, 15) is 18.4 Å². The third-order valence-electron chi connectivity index (χ3n) is 2.85. The van der Waals surface area contributed by atoms with Gasteiger partial charge in [-0.1, -0.05) is 0 Å². The van der Waals surface area contributed by atoms with E-state index in [1.54, 1.807) is 44.9 Å². The van der Waals surface area contributed by atoms with Crippen molar-refractivity contribution in [2.75, 3.05) is 28.2 Å². The van der Waals surface area contributed by atoms with Crippen LogP contribution in [-0.4, -0.2) is 70.2 Å². The average molecular weight is 396 g/mol. The Bertz CT molecular complexity index is 950. The van der Waals surface area contributed by atoms with Crippen LogP contribution in [0.25, 0.3) is 0 Å². The Labute approximate surface area is 159 Å². The highest BCUT2D eigenvalue weighted by molar-refractivity contribution is 5.59. The maximum absolute atomic E-state index is 13.3. The smallest absolute Gasteiger partial charge is 0.349 e. The number of halogens is 2. The van der Waals surface area contributed by atoms with Gasteiger partial charge in [0.1, 0.15) is 0 Å². The Morgan fingerprint density at radius 3 is 2.29 bits per heavy atom. The van der Waals surface area contributed by atoms with Crippen LogP contribution in [0.2, 0.25) is 0 Å². The summed E-state index contributed by atoms with van der Waals surface area (Å²) in [5.41, 5.74) is -1.11. The van der Waals surface area contributed by atoms with Gasteiger partial charge in [0.15, 0.2) is 23.3 Å². The maximum Gasteiger partial charge on any atom is 0.349 e. The zero-order valence-corrected chi connectivity index (χ0v) is 16.2. The van der Waals surface area contributed by atoms with Gasteiger partial charge in [0.25, 0.3) is 0 Å². The number of nitrogens with one attached hydrogen (secondary N) is 1. The van der Waals surface area contributed by atoms with Gasteiger partial charge in [-0.3, -0.25) is 9.55 Å². The first-order valence-electron chi connectivity index (χ1n) is 8.07. The molecule has 1 N–H and O–H groups in total. The fourth-order valence-electron chi connectivity index (χ4n) is 1.58. The van der Waals surface area contributed by atoms with Crippen molar-refractivity contribution in [1.29, 1.82) is 0 Å². The summed E-state index contributed by atoms with van der Waals surface area (Å²) in [5, 5.41) is 0. The van der Waals surface area contributed by atoms with Crippen LogP contribution >= 0.6 is 0 Å². The summed E-state index contributed by atoms with van der Waals surface area (Å²) in [6, 6.07) is 0. The topological polar surface area (TPSA) is 112 Å². The minimum atomic E-state index is -0.655. The van der Waals surface area contributed by atoms with Crippen molar-refractivity contribution in [2.45, 2.75) is 13.5 Å². The molecule has 2 aromatic heterocycles. The van der Waals surface area contributed by atoms with Crippen molar-refractivity contribution in [2.24, 2.45) is 9.98 Å². The van der Waals surface area contributed by atoms with E-state index in [0.717, 1.165) is 12.4 Å². The van der Waals surface area contributed by atoms with Gasteiger partial charge in [-0.25, -0.2) is 28.4 Å². The minimum Gasteiger partial charge on any atom is -0.369 e. The molecule has 2 aromatic rings.